The number of hydrogen-bond acceptors (Lipinski definition) is 8. The number of ether oxygens (including phenoxy) is 2. The molecule has 11 heteroatoms. The molecule has 0 atom stereocenters. The zero-order valence-corrected chi connectivity index (χ0v) is 18.2. The van der Waals surface area contributed by atoms with Crippen LogP contribution in [0.4, 0.5) is 4.39 Å². The summed E-state index contributed by atoms with van der Waals surface area (Å²) in [4.78, 5) is 37.5. The number of halogens is 2. The van der Waals surface area contributed by atoms with E-state index in [0.29, 0.717) is 11.4 Å². The molecule has 3 rings (SSSR count). The van der Waals surface area contributed by atoms with Crippen molar-refractivity contribution < 1.29 is 32.8 Å². The molecule has 0 radical (unpaired) electrons. The first-order chi connectivity index (χ1) is 14.8. The van der Waals surface area contributed by atoms with Gasteiger partial charge in [-0.05, 0) is 25.5 Å². The van der Waals surface area contributed by atoms with Gasteiger partial charge in [0.25, 0.3) is 0 Å². The molecule has 0 N–H and O–H groups in total. The Bertz CT molecular complexity index is 1030. The molecule has 1 aliphatic rings. The first kappa shape index (κ1) is 22.8. The van der Waals surface area contributed by atoms with Crippen LogP contribution in [0.15, 0.2) is 33.8 Å². The molecule has 0 spiro atoms. The van der Waals surface area contributed by atoms with Crippen LogP contribution in [0.2, 0.25) is 5.02 Å². The number of carbonyl (C=O) groups is 3. The molecule has 2 heterocycles. The molecular weight excluding hydrogens is 451 g/mol. The molecule has 2 aromatic rings. The average Bonchev–Trinajstić information content (AvgIpc) is 3.27. The van der Waals surface area contributed by atoms with Gasteiger partial charge in [0.05, 0.1) is 41.2 Å². The molecule has 0 bridgehead atoms. The summed E-state index contributed by atoms with van der Waals surface area (Å²) in [6, 6.07) is 4.11. The second kappa shape index (κ2) is 9.97. The zero-order valence-electron chi connectivity index (χ0n) is 16.6. The maximum Gasteiger partial charge on any atom is 0.344 e. The number of hydrogen-bond donors (Lipinski definition) is 0. The third-order valence-corrected chi connectivity index (χ3v) is 5.72. The van der Waals surface area contributed by atoms with Gasteiger partial charge in [-0.1, -0.05) is 34.6 Å². The lowest BCUT2D eigenvalue weighted by atomic mass is 10.1. The van der Waals surface area contributed by atoms with E-state index in [9.17, 15) is 18.8 Å². The number of nitrogens with zero attached hydrogens (tertiary/aromatic N) is 2. The van der Waals surface area contributed by atoms with Crippen LogP contribution in [-0.2, 0) is 19.1 Å². The predicted octanol–water partition coefficient (Wildman–Crippen LogP) is 3.58. The molecule has 1 amide bonds. The minimum Gasteiger partial charge on any atom is -0.466 e. The van der Waals surface area contributed by atoms with Crippen LogP contribution in [0.5, 0.6) is 0 Å². The Kier molecular flexibility index (Phi) is 7.34. The lowest BCUT2D eigenvalue weighted by molar-refractivity contribution is -0.134. The number of esters is 2. The molecule has 1 aliphatic heterocycles. The van der Waals surface area contributed by atoms with Crippen LogP contribution >= 0.6 is 23.4 Å². The number of amides is 1. The second-order valence-electron chi connectivity index (χ2n) is 6.39. The topological polar surface area (TPSA) is 98.9 Å². The van der Waals surface area contributed by atoms with Crippen LogP contribution in [0, 0.1) is 12.7 Å². The highest BCUT2D eigenvalue weighted by Crippen LogP contribution is 2.34. The number of aromatic nitrogens is 1. The molecule has 31 heavy (non-hydrogen) atoms. The monoisotopic (exact) mass is 468 g/mol. The summed E-state index contributed by atoms with van der Waals surface area (Å²) in [6.07, 6.45) is 1.56. The summed E-state index contributed by atoms with van der Waals surface area (Å²) in [6.45, 7) is 1.73. The Morgan fingerprint density at radius 1 is 1.42 bits per heavy atom. The standard InChI is InChI=1S/C20H18ClFN2O6S/c1-11-17(19(23-30-11)18-12(21)5-3-6-13(18)22)20(27)29-8-4-7-24-14(25)10-31-15(24)9-16(26)28-2/h3,5-6,9H,4,7-8,10H2,1-2H3/b15-9+. The van der Waals surface area contributed by atoms with Crippen molar-refractivity contribution in [2.75, 3.05) is 26.0 Å². The molecule has 8 nitrogen and oxygen atoms in total. The molecule has 1 fully saturated rings. The normalized spacial score (nSPS) is 14.9. The van der Waals surface area contributed by atoms with E-state index in [2.05, 4.69) is 9.89 Å². The highest BCUT2D eigenvalue weighted by Gasteiger charge is 2.28. The van der Waals surface area contributed by atoms with Crippen molar-refractivity contribution in [1.82, 2.24) is 10.1 Å². The van der Waals surface area contributed by atoms with Crippen molar-refractivity contribution in [3.8, 4) is 11.3 Å². The molecule has 0 unspecified atom stereocenters. The summed E-state index contributed by atoms with van der Waals surface area (Å²) in [5, 5.41) is 4.33. The number of methoxy groups -OCH3 is 1. The SMILES string of the molecule is COC(=O)/C=C1/SCC(=O)N1CCCOC(=O)c1c(-c2c(F)cccc2Cl)noc1C. The fraction of sp³-hybridized carbons (Fsp3) is 0.300. The number of aryl methyl sites for hydroxylation is 1. The Labute approximate surface area is 186 Å². The van der Waals surface area contributed by atoms with E-state index in [0.717, 1.165) is 0 Å². The first-order valence-electron chi connectivity index (χ1n) is 9.14. The third kappa shape index (κ3) is 5.08. The number of benzene rings is 1. The third-order valence-electron chi connectivity index (χ3n) is 4.38. The van der Waals surface area contributed by atoms with Gasteiger partial charge in [0, 0.05) is 6.54 Å². The van der Waals surface area contributed by atoms with Crippen molar-refractivity contribution in [2.24, 2.45) is 0 Å². The zero-order chi connectivity index (χ0) is 22.5. The van der Waals surface area contributed by atoms with Crippen LogP contribution in [0.1, 0.15) is 22.5 Å². The quantitative estimate of drug-likeness (QED) is 0.345. The minimum absolute atomic E-state index is 0.0200. The highest BCUT2D eigenvalue weighted by molar-refractivity contribution is 8.04. The second-order valence-corrected chi connectivity index (χ2v) is 7.79. The molecule has 1 aromatic carbocycles. The maximum absolute atomic E-state index is 14.3. The van der Waals surface area contributed by atoms with Gasteiger partial charge >= 0.3 is 11.9 Å². The fourth-order valence-electron chi connectivity index (χ4n) is 2.90. The van der Waals surface area contributed by atoms with E-state index in [-0.39, 0.29) is 52.4 Å². The van der Waals surface area contributed by atoms with Crippen molar-refractivity contribution in [2.45, 2.75) is 13.3 Å². The van der Waals surface area contributed by atoms with Crippen molar-refractivity contribution in [3.05, 3.63) is 51.5 Å². The molecule has 164 valence electrons. The van der Waals surface area contributed by atoms with E-state index >= 15 is 0 Å². The summed E-state index contributed by atoms with van der Waals surface area (Å²) >= 11 is 7.30. The maximum atomic E-state index is 14.3. The Morgan fingerprint density at radius 2 is 2.19 bits per heavy atom. The number of rotatable bonds is 7. The number of thioether (sulfide) groups is 1. The van der Waals surface area contributed by atoms with E-state index in [1.807, 2.05) is 0 Å². The van der Waals surface area contributed by atoms with E-state index in [1.54, 1.807) is 0 Å². The molecule has 1 aromatic heterocycles. The van der Waals surface area contributed by atoms with E-state index in [1.165, 1.54) is 55.0 Å². The average molecular weight is 469 g/mol. The summed E-state index contributed by atoms with van der Waals surface area (Å²) in [5.74, 6) is -1.73. The summed E-state index contributed by atoms with van der Waals surface area (Å²) in [5.41, 5.74) is -0.114. The van der Waals surface area contributed by atoms with Crippen LogP contribution in [0.3, 0.4) is 0 Å². The Balaban J connectivity index is 1.65. The van der Waals surface area contributed by atoms with Crippen molar-refractivity contribution in [1.29, 1.82) is 0 Å². The largest absolute Gasteiger partial charge is 0.466 e. The summed E-state index contributed by atoms with van der Waals surface area (Å²) in [7, 11) is 1.25. The lowest BCUT2D eigenvalue weighted by Gasteiger charge is -2.16. The summed E-state index contributed by atoms with van der Waals surface area (Å²) < 4.78 is 29.2. The lowest BCUT2D eigenvalue weighted by Crippen LogP contribution is -2.27. The Morgan fingerprint density at radius 3 is 2.90 bits per heavy atom. The van der Waals surface area contributed by atoms with Gasteiger partial charge < -0.3 is 18.9 Å². The van der Waals surface area contributed by atoms with Crippen LogP contribution in [-0.4, -0.2) is 53.9 Å². The highest BCUT2D eigenvalue weighted by atomic mass is 35.5. The molecular formula is C20H18ClFN2O6S. The van der Waals surface area contributed by atoms with Gasteiger partial charge in [-0.25, -0.2) is 14.0 Å². The fourth-order valence-corrected chi connectivity index (χ4v) is 4.10. The minimum atomic E-state index is -0.750. The van der Waals surface area contributed by atoms with Crippen LogP contribution < -0.4 is 0 Å². The van der Waals surface area contributed by atoms with Gasteiger partial charge in [0.2, 0.25) is 5.91 Å². The van der Waals surface area contributed by atoms with Gasteiger partial charge in [-0.15, -0.1) is 0 Å². The molecule has 0 aliphatic carbocycles. The van der Waals surface area contributed by atoms with Gasteiger partial charge in [-0.3, -0.25) is 4.79 Å². The van der Waals surface area contributed by atoms with Gasteiger partial charge in [0.15, 0.2) is 0 Å². The smallest absolute Gasteiger partial charge is 0.344 e. The van der Waals surface area contributed by atoms with Crippen molar-refractivity contribution in [3.63, 3.8) is 0 Å². The number of carbonyl (C=O) groups excluding carboxylic acids is 3. The van der Waals surface area contributed by atoms with E-state index in [4.69, 9.17) is 20.9 Å². The van der Waals surface area contributed by atoms with E-state index < -0.39 is 17.8 Å². The Hall–Kier alpha value is -2.85. The first-order valence-corrected chi connectivity index (χ1v) is 10.5. The van der Waals surface area contributed by atoms with Crippen molar-refractivity contribution >= 4 is 41.2 Å². The van der Waals surface area contributed by atoms with Crippen LogP contribution in [0.25, 0.3) is 11.3 Å². The van der Waals surface area contributed by atoms with Gasteiger partial charge in [-0.2, -0.15) is 0 Å². The van der Waals surface area contributed by atoms with Gasteiger partial charge in [0.1, 0.15) is 22.8 Å². The molecule has 0 saturated carbocycles. The molecule has 1 saturated heterocycles. The predicted molar refractivity (Wildman–Crippen MR) is 111 cm³/mol.